The minimum absolute atomic E-state index is 0.185. The van der Waals surface area contributed by atoms with Gasteiger partial charge in [-0.05, 0) is 31.0 Å². The Balaban J connectivity index is 1.99. The highest BCUT2D eigenvalue weighted by molar-refractivity contribution is 5.90. The Morgan fingerprint density at radius 3 is 2.71 bits per heavy atom. The van der Waals surface area contributed by atoms with Gasteiger partial charge in [0.05, 0.1) is 19.2 Å². The van der Waals surface area contributed by atoms with Crippen LogP contribution in [0.5, 0.6) is 0 Å². The Morgan fingerprint density at radius 1 is 1.17 bits per heavy atom. The van der Waals surface area contributed by atoms with Crippen LogP contribution in [-0.4, -0.2) is 10.2 Å². The first-order chi connectivity index (χ1) is 11.8. The second kappa shape index (κ2) is 6.11. The van der Waals surface area contributed by atoms with Crippen molar-refractivity contribution < 1.29 is 14.5 Å². The molecular weight excluding hydrogens is 315 g/mol. The maximum Gasteiger partial charge on any atom is 0.416 e. The summed E-state index contributed by atoms with van der Waals surface area (Å²) in [5, 5.41) is 12.6. The number of rotatable bonds is 3. The summed E-state index contributed by atoms with van der Waals surface area (Å²) in [5.41, 5.74) is 0.0798. The highest BCUT2D eigenvalue weighted by atomic mass is 19.4. The first-order valence-electron chi connectivity index (χ1n) is 7.92. The summed E-state index contributed by atoms with van der Waals surface area (Å²) in [6.07, 6.45) is -2.81. The molecule has 0 aliphatic carbocycles. The standard InChI is InChI=1S/C18H16F3N3/c1-11-14(8-5-9-16(11)18(19,20)21)12(2)23-17-15-7-4-3-6-13(15)10-22-24-17/h3-10,12H,1-2H3,(H,23,24)/t12-/m1/s1/i4D. The molecule has 0 radical (unpaired) electrons. The molecule has 0 aliphatic heterocycles. The van der Waals surface area contributed by atoms with E-state index < -0.39 is 17.8 Å². The van der Waals surface area contributed by atoms with Gasteiger partial charge >= 0.3 is 6.18 Å². The van der Waals surface area contributed by atoms with Crippen molar-refractivity contribution in [3.63, 3.8) is 0 Å². The summed E-state index contributed by atoms with van der Waals surface area (Å²) in [7, 11) is 0. The van der Waals surface area contributed by atoms with Gasteiger partial charge in [-0.25, -0.2) is 0 Å². The van der Waals surface area contributed by atoms with Crippen LogP contribution in [0.1, 0.15) is 31.0 Å². The summed E-state index contributed by atoms with van der Waals surface area (Å²) in [4.78, 5) is 0. The Labute approximate surface area is 138 Å². The number of benzene rings is 2. The van der Waals surface area contributed by atoms with Gasteiger partial charge in [0, 0.05) is 10.8 Å². The van der Waals surface area contributed by atoms with Gasteiger partial charge in [-0.15, -0.1) is 5.10 Å². The highest BCUT2D eigenvalue weighted by Gasteiger charge is 2.33. The van der Waals surface area contributed by atoms with Crippen molar-refractivity contribution >= 4 is 16.6 Å². The van der Waals surface area contributed by atoms with Crippen LogP contribution in [-0.2, 0) is 6.18 Å². The molecule has 0 aliphatic rings. The summed E-state index contributed by atoms with van der Waals surface area (Å²) in [5.74, 6) is 0.441. The van der Waals surface area contributed by atoms with E-state index in [1.165, 1.54) is 13.0 Å². The summed E-state index contributed by atoms with van der Waals surface area (Å²) in [6, 6.07) is 9.12. The van der Waals surface area contributed by atoms with Gasteiger partial charge in [-0.3, -0.25) is 0 Å². The van der Waals surface area contributed by atoms with Crippen LogP contribution in [0.3, 0.4) is 0 Å². The van der Waals surface area contributed by atoms with E-state index in [4.69, 9.17) is 1.37 Å². The van der Waals surface area contributed by atoms with E-state index in [1.54, 1.807) is 37.4 Å². The molecule has 1 heterocycles. The third-order valence-electron chi connectivity index (χ3n) is 4.01. The predicted molar refractivity (Wildman–Crippen MR) is 87.8 cm³/mol. The minimum atomic E-state index is -4.39. The van der Waals surface area contributed by atoms with Crippen molar-refractivity contribution in [3.05, 3.63) is 65.3 Å². The lowest BCUT2D eigenvalue weighted by Crippen LogP contribution is -2.14. The van der Waals surface area contributed by atoms with Gasteiger partial charge in [-0.2, -0.15) is 18.3 Å². The van der Waals surface area contributed by atoms with E-state index in [0.717, 1.165) is 11.5 Å². The summed E-state index contributed by atoms with van der Waals surface area (Å²) < 4.78 is 47.1. The van der Waals surface area contributed by atoms with Crippen molar-refractivity contribution in [1.29, 1.82) is 0 Å². The topological polar surface area (TPSA) is 37.8 Å². The van der Waals surface area contributed by atoms with Crippen molar-refractivity contribution in [2.45, 2.75) is 26.1 Å². The van der Waals surface area contributed by atoms with Gasteiger partial charge in [0.1, 0.15) is 0 Å². The minimum Gasteiger partial charge on any atom is -0.362 e. The molecular formula is C18H16F3N3. The largest absolute Gasteiger partial charge is 0.416 e. The second-order valence-corrected chi connectivity index (χ2v) is 5.59. The number of nitrogens with one attached hydrogen (secondary N) is 1. The molecule has 24 heavy (non-hydrogen) atoms. The van der Waals surface area contributed by atoms with Crippen LogP contribution in [0.4, 0.5) is 19.0 Å². The number of anilines is 1. The molecule has 6 heteroatoms. The molecule has 0 spiro atoms. The van der Waals surface area contributed by atoms with E-state index >= 15 is 0 Å². The van der Waals surface area contributed by atoms with E-state index in [1.807, 2.05) is 0 Å². The Hall–Kier alpha value is -2.63. The van der Waals surface area contributed by atoms with E-state index in [0.29, 0.717) is 22.8 Å². The average Bonchev–Trinajstić information content (AvgIpc) is 2.54. The third-order valence-corrected chi connectivity index (χ3v) is 4.01. The Morgan fingerprint density at radius 2 is 1.96 bits per heavy atom. The van der Waals surface area contributed by atoms with E-state index in [9.17, 15) is 13.2 Å². The molecule has 2 aromatic carbocycles. The first kappa shape index (κ1) is 14.9. The molecule has 0 amide bonds. The van der Waals surface area contributed by atoms with Crippen LogP contribution in [0.15, 0.2) is 48.6 Å². The molecule has 1 N–H and O–H groups in total. The molecule has 3 aromatic rings. The zero-order valence-electron chi connectivity index (χ0n) is 14.1. The molecule has 124 valence electrons. The van der Waals surface area contributed by atoms with Crippen molar-refractivity contribution in [2.24, 2.45) is 0 Å². The van der Waals surface area contributed by atoms with Crippen LogP contribution in [0.25, 0.3) is 10.8 Å². The molecule has 3 rings (SSSR count). The quantitative estimate of drug-likeness (QED) is 0.722. The fourth-order valence-electron chi connectivity index (χ4n) is 2.78. The molecule has 0 unspecified atom stereocenters. The SMILES string of the molecule is [2H]c1ccc2cnnc(N[C@H](C)c3cccc(C(F)(F)F)c3C)c2c1. The fraction of sp³-hybridized carbons (Fsp3) is 0.222. The van der Waals surface area contributed by atoms with Crippen LogP contribution in [0, 0.1) is 6.92 Å². The molecule has 0 bridgehead atoms. The number of fused-ring (bicyclic) bond motifs is 1. The lowest BCUT2D eigenvalue weighted by Gasteiger charge is -2.20. The maximum atomic E-state index is 13.1. The lowest BCUT2D eigenvalue weighted by molar-refractivity contribution is -0.138. The number of alkyl halides is 3. The number of aromatic nitrogens is 2. The number of hydrogen-bond acceptors (Lipinski definition) is 3. The van der Waals surface area contributed by atoms with E-state index in [2.05, 4.69) is 15.5 Å². The Kier molecular flexibility index (Phi) is 3.80. The van der Waals surface area contributed by atoms with Crippen molar-refractivity contribution in [2.75, 3.05) is 5.32 Å². The summed E-state index contributed by atoms with van der Waals surface area (Å²) in [6.45, 7) is 3.24. The highest BCUT2D eigenvalue weighted by Crippen LogP contribution is 2.35. The monoisotopic (exact) mass is 332 g/mol. The third kappa shape index (κ3) is 3.04. The molecule has 3 nitrogen and oxygen atoms in total. The van der Waals surface area contributed by atoms with Crippen LogP contribution < -0.4 is 5.32 Å². The molecule has 1 atom stereocenters. The van der Waals surface area contributed by atoms with E-state index in [-0.39, 0.29) is 5.56 Å². The molecule has 0 saturated carbocycles. The van der Waals surface area contributed by atoms with Gasteiger partial charge in [0.2, 0.25) is 0 Å². The van der Waals surface area contributed by atoms with Gasteiger partial charge < -0.3 is 5.32 Å². The van der Waals surface area contributed by atoms with Crippen LogP contribution in [0.2, 0.25) is 0 Å². The lowest BCUT2D eigenvalue weighted by atomic mass is 9.97. The zero-order valence-corrected chi connectivity index (χ0v) is 13.1. The molecule has 0 fully saturated rings. The van der Waals surface area contributed by atoms with Crippen LogP contribution >= 0.6 is 0 Å². The van der Waals surface area contributed by atoms with Crippen molar-refractivity contribution in [3.8, 4) is 0 Å². The summed E-state index contributed by atoms with van der Waals surface area (Å²) >= 11 is 0. The molecule has 1 aromatic heterocycles. The molecule has 0 saturated heterocycles. The number of hydrogen-bond donors (Lipinski definition) is 1. The normalized spacial score (nSPS) is 13.6. The average molecular weight is 332 g/mol. The fourth-order valence-corrected chi connectivity index (χ4v) is 2.78. The van der Waals surface area contributed by atoms with Gasteiger partial charge in [0.25, 0.3) is 0 Å². The zero-order chi connectivity index (χ0) is 18.2. The Bertz CT molecular complexity index is 925. The van der Waals surface area contributed by atoms with Gasteiger partial charge in [-0.1, -0.05) is 36.4 Å². The second-order valence-electron chi connectivity index (χ2n) is 5.59. The number of halogens is 3. The maximum absolute atomic E-state index is 13.1. The predicted octanol–water partition coefficient (Wildman–Crippen LogP) is 5.13. The smallest absolute Gasteiger partial charge is 0.362 e. The van der Waals surface area contributed by atoms with Crippen molar-refractivity contribution in [1.82, 2.24) is 10.2 Å². The number of nitrogens with zero attached hydrogens (tertiary/aromatic N) is 2. The van der Waals surface area contributed by atoms with Gasteiger partial charge in [0.15, 0.2) is 5.82 Å². The first-order valence-corrected chi connectivity index (χ1v) is 7.42.